The van der Waals surface area contributed by atoms with Gasteiger partial charge in [0.2, 0.25) is 11.8 Å². The van der Waals surface area contributed by atoms with E-state index in [0.717, 1.165) is 38.4 Å². The first-order valence-electron chi connectivity index (χ1n) is 9.12. The van der Waals surface area contributed by atoms with Crippen LogP contribution in [0.2, 0.25) is 0 Å². The molecule has 2 heterocycles. The number of carbonyl (C=O) groups is 2. The Morgan fingerprint density at radius 3 is 2.08 bits per heavy atom. The van der Waals surface area contributed by atoms with Gasteiger partial charge in [0.1, 0.15) is 0 Å². The number of amides is 2. The molecule has 25 heavy (non-hydrogen) atoms. The third kappa shape index (κ3) is 5.28. The van der Waals surface area contributed by atoms with Crippen molar-refractivity contribution in [3.63, 3.8) is 0 Å². The van der Waals surface area contributed by atoms with Gasteiger partial charge in [-0.15, -0.1) is 0 Å². The van der Waals surface area contributed by atoms with Gasteiger partial charge in [-0.05, 0) is 5.56 Å². The van der Waals surface area contributed by atoms with E-state index in [1.54, 1.807) is 0 Å². The number of ether oxygens (including phenoxy) is 1. The highest BCUT2D eigenvalue weighted by molar-refractivity contribution is 5.80. The predicted octanol–water partition coefficient (Wildman–Crippen LogP) is 0.622. The molecule has 1 aromatic rings. The van der Waals surface area contributed by atoms with Gasteiger partial charge in [-0.25, -0.2) is 0 Å². The maximum Gasteiger partial charge on any atom is 0.227 e. The third-order valence-electron chi connectivity index (χ3n) is 4.93. The lowest BCUT2D eigenvalue weighted by Crippen LogP contribution is -2.51. The number of carbonyl (C=O) groups excluding carboxylic acids is 2. The van der Waals surface area contributed by atoms with Crippen LogP contribution in [0.25, 0.3) is 0 Å². The van der Waals surface area contributed by atoms with E-state index in [2.05, 4.69) is 4.90 Å². The van der Waals surface area contributed by atoms with E-state index < -0.39 is 0 Å². The van der Waals surface area contributed by atoms with Crippen LogP contribution in [0.5, 0.6) is 0 Å². The normalized spacial score (nSPS) is 19.0. The number of hydrogen-bond donors (Lipinski definition) is 0. The van der Waals surface area contributed by atoms with Crippen molar-refractivity contribution in [3.05, 3.63) is 35.9 Å². The fourth-order valence-electron chi connectivity index (χ4n) is 3.32. The SMILES string of the molecule is O=C(CCN1CCOCC1)N1CCN(C(=O)Cc2ccccc2)CC1. The van der Waals surface area contributed by atoms with Gasteiger partial charge in [-0.3, -0.25) is 14.5 Å². The minimum atomic E-state index is 0.145. The first-order valence-corrected chi connectivity index (χ1v) is 9.12. The van der Waals surface area contributed by atoms with Crippen LogP contribution >= 0.6 is 0 Å². The van der Waals surface area contributed by atoms with Crippen molar-refractivity contribution >= 4 is 11.8 Å². The molecule has 0 atom stereocenters. The summed E-state index contributed by atoms with van der Waals surface area (Å²) in [4.78, 5) is 30.8. The van der Waals surface area contributed by atoms with Crippen molar-refractivity contribution in [2.45, 2.75) is 12.8 Å². The molecule has 6 heteroatoms. The molecule has 0 N–H and O–H groups in total. The first-order chi connectivity index (χ1) is 12.2. The highest BCUT2D eigenvalue weighted by Gasteiger charge is 2.24. The van der Waals surface area contributed by atoms with Crippen molar-refractivity contribution in [1.29, 1.82) is 0 Å². The van der Waals surface area contributed by atoms with E-state index in [4.69, 9.17) is 4.74 Å². The van der Waals surface area contributed by atoms with E-state index in [0.29, 0.717) is 39.0 Å². The fraction of sp³-hybridized carbons (Fsp3) is 0.579. The zero-order chi connectivity index (χ0) is 17.5. The molecule has 3 rings (SSSR count). The predicted molar refractivity (Wildman–Crippen MR) is 95.2 cm³/mol. The first kappa shape index (κ1) is 17.9. The molecule has 0 bridgehead atoms. The van der Waals surface area contributed by atoms with Crippen LogP contribution in [0.4, 0.5) is 0 Å². The fourth-order valence-corrected chi connectivity index (χ4v) is 3.32. The Bertz CT molecular complexity index is 565. The summed E-state index contributed by atoms with van der Waals surface area (Å²) < 4.78 is 5.33. The lowest BCUT2D eigenvalue weighted by molar-refractivity contribution is -0.139. The zero-order valence-electron chi connectivity index (χ0n) is 14.7. The number of piperazine rings is 1. The molecular formula is C19H27N3O3. The van der Waals surface area contributed by atoms with Crippen LogP contribution in [-0.4, -0.2) is 85.5 Å². The summed E-state index contributed by atoms with van der Waals surface area (Å²) in [6, 6.07) is 9.81. The monoisotopic (exact) mass is 345 g/mol. The molecule has 2 aliphatic rings. The highest BCUT2D eigenvalue weighted by Crippen LogP contribution is 2.09. The van der Waals surface area contributed by atoms with E-state index in [1.165, 1.54) is 0 Å². The van der Waals surface area contributed by atoms with Crippen molar-refractivity contribution in [3.8, 4) is 0 Å². The summed E-state index contributed by atoms with van der Waals surface area (Å²) in [5.41, 5.74) is 1.04. The largest absolute Gasteiger partial charge is 0.379 e. The Kier molecular flexibility index (Phi) is 6.42. The van der Waals surface area contributed by atoms with Gasteiger partial charge >= 0.3 is 0 Å². The lowest BCUT2D eigenvalue weighted by Gasteiger charge is -2.35. The summed E-state index contributed by atoms with van der Waals surface area (Å²) in [7, 11) is 0. The lowest BCUT2D eigenvalue weighted by atomic mass is 10.1. The molecule has 2 saturated heterocycles. The van der Waals surface area contributed by atoms with E-state index in [9.17, 15) is 9.59 Å². The second kappa shape index (κ2) is 8.97. The minimum absolute atomic E-state index is 0.145. The van der Waals surface area contributed by atoms with Crippen LogP contribution < -0.4 is 0 Å². The minimum Gasteiger partial charge on any atom is -0.379 e. The molecule has 0 unspecified atom stereocenters. The molecule has 136 valence electrons. The third-order valence-corrected chi connectivity index (χ3v) is 4.93. The number of hydrogen-bond acceptors (Lipinski definition) is 4. The van der Waals surface area contributed by atoms with Gasteiger partial charge in [0, 0.05) is 52.2 Å². The van der Waals surface area contributed by atoms with Crippen LogP contribution in [0.3, 0.4) is 0 Å². The standard InChI is InChI=1S/C19H27N3O3/c23-18(6-7-20-12-14-25-15-13-20)21-8-10-22(11-9-21)19(24)16-17-4-2-1-3-5-17/h1-5H,6-16H2. The van der Waals surface area contributed by atoms with E-state index in [1.807, 2.05) is 40.1 Å². The Morgan fingerprint density at radius 1 is 0.840 bits per heavy atom. The molecule has 2 amide bonds. The zero-order valence-corrected chi connectivity index (χ0v) is 14.7. The smallest absolute Gasteiger partial charge is 0.227 e. The summed E-state index contributed by atoms with van der Waals surface area (Å²) in [5.74, 6) is 0.341. The summed E-state index contributed by atoms with van der Waals surface area (Å²) in [5, 5.41) is 0. The van der Waals surface area contributed by atoms with Gasteiger partial charge in [0.25, 0.3) is 0 Å². The van der Waals surface area contributed by atoms with Gasteiger partial charge in [-0.1, -0.05) is 30.3 Å². The van der Waals surface area contributed by atoms with Gasteiger partial charge in [-0.2, -0.15) is 0 Å². The van der Waals surface area contributed by atoms with Crippen LogP contribution in [0.15, 0.2) is 30.3 Å². The van der Waals surface area contributed by atoms with Crippen molar-refractivity contribution < 1.29 is 14.3 Å². The van der Waals surface area contributed by atoms with Gasteiger partial charge < -0.3 is 14.5 Å². The Balaban J connectivity index is 1.38. The Hall–Kier alpha value is -1.92. The molecule has 0 aromatic heterocycles. The number of benzene rings is 1. The van der Waals surface area contributed by atoms with Crippen LogP contribution in [-0.2, 0) is 20.7 Å². The second-order valence-corrected chi connectivity index (χ2v) is 6.63. The van der Waals surface area contributed by atoms with Crippen LogP contribution in [0, 0.1) is 0 Å². The van der Waals surface area contributed by atoms with Crippen molar-refractivity contribution in [2.75, 3.05) is 59.0 Å². The van der Waals surface area contributed by atoms with E-state index >= 15 is 0 Å². The maximum atomic E-state index is 12.4. The molecule has 2 aliphatic heterocycles. The summed E-state index contributed by atoms with van der Waals surface area (Å²) >= 11 is 0. The molecule has 0 saturated carbocycles. The molecule has 6 nitrogen and oxygen atoms in total. The topological polar surface area (TPSA) is 53.1 Å². The Morgan fingerprint density at radius 2 is 1.44 bits per heavy atom. The second-order valence-electron chi connectivity index (χ2n) is 6.63. The van der Waals surface area contributed by atoms with Crippen molar-refractivity contribution in [2.24, 2.45) is 0 Å². The average molecular weight is 345 g/mol. The number of nitrogens with zero attached hydrogens (tertiary/aromatic N) is 3. The van der Waals surface area contributed by atoms with Gasteiger partial charge in [0.05, 0.1) is 19.6 Å². The number of morpholine rings is 1. The van der Waals surface area contributed by atoms with E-state index in [-0.39, 0.29) is 11.8 Å². The molecule has 1 aromatic carbocycles. The molecule has 0 aliphatic carbocycles. The van der Waals surface area contributed by atoms with Gasteiger partial charge in [0.15, 0.2) is 0 Å². The maximum absolute atomic E-state index is 12.4. The molecule has 2 fully saturated rings. The quantitative estimate of drug-likeness (QED) is 0.785. The number of rotatable bonds is 5. The Labute approximate surface area is 149 Å². The molecule has 0 radical (unpaired) electrons. The van der Waals surface area contributed by atoms with Crippen LogP contribution in [0.1, 0.15) is 12.0 Å². The van der Waals surface area contributed by atoms with Crippen molar-refractivity contribution in [1.82, 2.24) is 14.7 Å². The molecular weight excluding hydrogens is 318 g/mol. The summed E-state index contributed by atoms with van der Waals surface area (Å²) in [6.45, 7) is 6.70. The molecule has 0 spiro atoms. The highest BCUT2D eigenvalue weighted by atomic mass is 16.5. The summed E-state index contributed by atoms with van der Waals surface area (Å²) in [6.07, 6.45) is 0.990. The average Bonchev–Trinajstić information content (AvgIpc) is 2.68.